The third-order valence-electron chi connectivity index (χ3n) is 3.30. The van der Waals surface area contributed by atoms with Crippen molar-refractivity contribution in [2.45, 2.75) is 31.8 Å². The van der Waals surface area contributed by atoms with E-state index in [0.717, 1.165) is 12.0 Å². The first-order valence-electron chi connectivity index (χ1n) is 6.18. The van der Waals surface area contributed by atoms with Gasteiger partial charge in [0, 0.05) is 12.1 Å². The molecule has 1 aromatic carbocycles. The maximum Gasteiger partial charge on any atom is 0.151 e. The van der Waals surface area contributed by atoms with Crippen LogP contribution >= 0.6 is 0 Å². The fraction of sp³-hybridized carbons (Fsp3) is 0.538. The fourth-order valence-electron chi connectivity index (χ4n) is 2.38. The van der Waals surface area contributed by atoms with Gasteiger partial charge in [-0.2, -0.15) is 0 Å². The lowest BCUT2D eigenvalue weighted by molar-refractivity contribution is 0.436. The number of halogens is 1. The quantitative estimate of drug-likeness (QED) is 0.915. The van der Waals surface area contributed by atoms with Gasteiger partial charge in [0.05, 0.1) is 11.5 Å². The zero-order valence-electron chi connectivity index (χ0n) is 10.4. The van der Waals surface area contributed by atoms with E-state index in [1.54, 1.807) is 6.07 Å². The Morgan fingerprint density at radius 3 is 2.89 bits per heavy atom. The lowest BCUT2D eigenvalue weighted by Crippen LogP contribution is -2.41. The first-order valence-corrected chi connectivity index (χ1v) is 8.00. The lowest BCUT2D eigenvalue weighted by atomic mass is 10.1. The molecule has 1 aromatic rings. The largest absolute Gasteiger partial charge is 0.306 e. The van der Waals surface area contributed by atoms with E-state index in [9.17, 15) is 12.8 Å². The highest BCUT2D eigenvalue weighted by atomic mass is 32.2. The summed E-state index contributed by atoms with van der Waals surface area (Å²) in [5.41, 5.74) is 0.845. The molecule has 1 N–H and O–H groups in total. The van der Waals surface area contributed by atoms with E-state index in [2.05, 4.69) is 5.32 Å². The van der Waals surface area contributed by atoms with E-state index >= 15 is 0 Å². The Morgan fingerprint density at radius 2 is 2.22 bits per heavy atom. The van der Waals surface area contributed by atoms with Crippen LogP contribution in [0.5, 0.6) is 0 Å². The van der Waals surface area contributed by atoms with Gasteiger partial charge in [0.15, 0.2) is 9.84 Å². The van der Waals surface area contributed by atoms with Gasteiger partial charge in [-0.15, -0.1) is 0 Å². The summed E-state index contributed by atoms with van der Waals surface area (Å²) >= 11 is 0. The summed E-state index contributed by atoms with van der Waals surface area (Å²) in [7, 11) is -2.90. The Labute approximate surface area is 107 Å². The third-order valence-corrected chi connectivity index (χ3v) is 5.12. The van der Waals surface area contributed by atoms with E-state index in [1.165, 1.54) is 12.1 Å². The molecule has 1 heterocycles. The molecule has 5 heteroatoms. The molecule has 1 aliphatic heterocycles. The summed E-state index contributed by atoms with van der Waals surface area (Å²) in [6.07, 6.45) is 1.56. The minimum absolute atomic E-state index is 0.0259. The van der Waals surface area contributed by atoms with Crippen LogP contribution in [0.25, 0.3) is 0 Å². The number of nitrogens with one attached hydrogen (secondary N) is 1. The van der Waals surface area contributed by atoms with Crippen LogP contribution in [0.15, 0.2) is 24.3 Å². The lowest BCUT2D eigenvalue weighted by Gasteiger charge is -2.26. The Hall–Kier alpha value is -0.940. The van der Waals surface area contributed by atoms with Crippen molar-refractivity contribution >= 4 is 9.84 Å². The van der Waals surface area contributed by atoms with E-state index in [-0.39, 0.29) is 23.7 Å². The molecule has 0 radical (unpaired) electrons. The van der Waals surface area contributed by atoms with Crippen molar-refractivity contribution in [3.8, 4) is 0 Å². The second-order valence-electron chi connectivity index (χ2n) is 4.90. The average molecular weight is 271 g/mol. The number of rotatable bonds is 3. The number of hydrogen-bond acceptors (Lipinski definition) is 3. The summed E-state index contributed by atoms with van der Waals surface area (Å²) < 4.78 is 36.2. The fourth-order valence-corrected chi connectivity index (χ4v) is 4.03. The van der Waals surface area contributed by atoms with Gasteiger partial charge in [-0.25, -0.2) is 12.8 Å². The smallest absolute Gasteiger partial charge is 0.151 e. The minimum atomic E-state index is -2.90. The van der Waals surface area contributed by atoms with Gasteiger partial charge in [-0.05, 0) is 37.5 Å². The molecule has 1 fully saturated rings. The molecule has 0 saturated carbocycles. The standard InChI is InChI=1S/C13H18FNO2S/c1-10(11-4-2-5-12(14)8-11)15-13-6-3-7-18(16,17)9-13/h2,4-5,8,10,13,15H,3,6-7,9H2,1H3. The highest BCUT2D eigenvalue weighted by Gasteiger charge is 2.25. The number of sulfone groups is 1. The van der Waals surface area contributed by atoms with Crippen LogP contribution in [-0.2, 0) is 9.84 Å². The van der Waals surface area contributed by atoms with Crippen molar-refractivity contribution in [3.05, 3.63) is 35.6 Å². The van der Waals surface area contributed by atoms with Gasteiger partial charge in [-0.3, -0.25) is 0 Å². The van der Waals surface area contributed by atoms with Crippen molar-refractivity contribution in [1.82, 2.24) is 5.32 Å². The molecule has 0 spiro atoms. The average Bonchev–Trinajstić information content (AvgIpc) is 2.27. The highest BCUT2D eigenvalue weighted by Crippen LogP contribution is 2.18. The second kappa shape index (κ2) is 5.36. The zero-order valence-corrected chi connectivity index (χ0v) is 11.2. The number of benzene rings is 1. The van der Waals surface area contributed by atoms with Crippen LogP contribution < -0.4 is 5.32 Å². The van der Waals surface area contributed by atoms with Crippen molar-refractivity contribution in [2.24, 2.45) is 0 Å². The van der Waals surface area contributed by atoms with Gasteiger partial charge < -0.3 is 5.32 Å². The van der Waals surface area contributed by atoms with E-state index in [1.807, 2.05) is 13.0 Å². The van der Waals surface area contributed by atoms with Crippen LogP contribution in [0.4, 0.5) is 4.39 Å². The van der Waals surface area contributed by atoms with Crippen LogP contribution in [0.3, 0.4) is 0 Å². The topological polar surface area (TPSA) is 46.2 Å². The molecule has 1 saturated heterocycles. The first kappa shape index (κ1) is 13.5. The first-order chi connectivity index (χ1) is 8.46. The zero-order chi connectivity index (χ0) is 13.2. The van der Waals surface area contributed by atoms with Crippen molar-refractivity contribution in [1.29, 1.82) is 0 Å². The summed E-state index contributed by atoms with van der Waals surface area (Å²) in [4.78, 5) is 0. The SMILES string of the molecule is CC(NC1CCCS(=O)(=O)C1)c1cccc(F)c1. The maximum atomic E-state index is 13.1. The monoisotopic (exact) mass is 271 g/mol. The molecular formula is C13H18FNO2S. The molecule has 1 aliphatic rings. The van der Waals surface area contributed by atoms with Crippen LogP contribution in [0.1, 0.15) is 31.4 Å². The second-order valence-corrected chi connectivity index (χ2v) is 7.13. The summed E-state index contributed by atoms with van der Waals surface area (Å²) in [5.74, 6) is 0.212. The molecule has 2 unspecified atom stereocenters. The predicted molar refractivity (Wildman–Crippen MR) is 69.6 cm³/mol. The molecular weight excluding hydrogens is 253 g/mol. The summed E-state index contributed by atoms with van der Waals surface area (Å²) in [6.45, 7) is 1.93. The molecule has 0 aliphatic carbocycles. The van der Waals surface area contributed by atoms with Crippen LogP contribution in [0, 0.1) is 5.82 Å². The highest BCUT2D eigenvalue weighted by molar-refractivity contribution is 7.91. The van der Waals surface area contributed by atoms with Crippen molar-refractivity contribution < 1.29 is 12.8 Å². The maximum absolute atomic E-state index is 13.1. The summed E-state index contributed by atoms with van der Waals surface area (Å²) in [6, 6.07) is 6.33. The van der Waals surface area contributed by atoms with E-state index < -0.39 is 9.84 Å². The normalized spacial score (nSPS) is 24.7. The third kappa shape index (κ3) is 3.53. The molecule has 2 rings (SSSR count). The Kier molecular flexibility index (Phi) is 4.02. The van der Waals surface area contributed by atoms with Gasteiger partial charge in [0.25, 0.3) is 0 Å². The van der Waals surface area contributed by atoms with Crippen molar-refractivity contribution in [3.63, 3.8) is 0 Å². The van der Waals surface area contributed by atoms with Crippen LogP contribution in [-0.4, -0.2) is 26.0 Å². The molecule has 2 atom stereocenters. The molecule has 0 amide bonds. The van der Waals surface area contributed by atoms with Gasteiger partial charge >= 0.3 is 0 Å². The van der Waals surface area contributed by atoms with Gasteiger partial charge in [-0.1, -0.05) is 12.1 Å². The summed E-state index contributed by atoms with van der Waals surface area (Å²) in [5, 5.41) is 3.27. The Balaban J connectivity index is 2.01. The van der Waals surface area contributed by atoms with E-state index in [0.29, 0.717) is 12.2 Å². The molecule has 18 heavy (non-hydrogen) atoms. The van der Waals surface area contributed by atoms with Crippen LogP contribution in [0.2, 0.25) is 0 Å². The number of hydrogen-bond donors (Lipinski definition) is 1. The Bertz CT molecular complexity index is 515. The Morgan fingerprint density at radius 1 is 1.44 bits per heavy atom. The minimum Gasteiger partial charge on any atom is -0.306 e. The predicted octanol–water partition coefficient (Wildman–Crippen LogP) is 2.05. The van der Waals surface area contributed by atoms with E-state index in [4.69, 9.17) is 0 Å². The molecule has 0 bridgehead atoms. The van der Waals surface area contributed by atoms with Gasteiger partial charge in [0.1, 0.15) is 5.82 Å². The molecule has 0 aromatic heterocycles. The molecule has 100 valence electrons. The van der Waals surface area contributed by atoms with Gasteiger partial charge in [0.2, 0.25) is 0 Å². The molecule has 3 nitrogen and oxygen atoms in total. The van der Waals surface area contributed by atoms with Crippen molar-refractivity contribution in [2.75, 3.05) is 11.5 Å².